The summed E-state index contributed by atoms with van der Waals surface area (Å²) < 4.78 is 15.9. The third-order valence-electron chi connectivity index (χ3n) is 4.76. The summed E-state index contributed by atoms with van der Waals surface area (Å²) >= 11 is 0. The van der Waals surface area contributed by atoms with E-state index in [2.05, 4.69) is 5.32 Å². The minimum absolute atomic E-state index is 0.184. The summed E-state index contributed by atoms with van der Waals surface area (Å²) in [5.41, 5.74) is -0.0530. The van der Waals surface area contributed by atoms with Gasteiger partial charge in [-0.2, -0.15) is 0 Å². The van der Waals surface area contributed by atoms with Gasteiger partial charge in [0.25, 0.3) is 5.91 Å². The number of anilines is 1. The summed E-state index contributed by atoms with van der Waals surface area (Å²) in [5.74, 6) is 0.130. The first kappa shape index (κ1) is 24.3. The predicted molar refractivity (Wildman–Crippen MR) is 117 cm³/mol. The van der Waals surface area contributed by atoms with Crippen LogP contribution in [0.3, 0.4) is 0 Å². The normalized spacial score (nSPS) is 13.9. The Labute approximate surface area is 183 Å². The van der Waals surface area contributed by atoms with Crippen molar-refractivity contribution in [3.63, 3.8) is 0 Å². The fourth-order valence-corrected chi connectivity index (χ4v) is 3.24. The van der Waals surface area contributed by atoms with Gasteiger partial charge in [-0.15, -0.1) is 0 Å². The van der Waals surface area contributed by atoms with Crippen LogP contribution in [0.5, 0.6) is 11.5 Å². The number of hydrogen-bond acceptors (Lipinski definition) is 6. The highest BCUT2D eigenvalue weighted by Gasteiger charge is 2.25. The summed E-state index contributed by atoms with van der Waals surface area (Å²) in [6.07, 6.45) is 2.37. The molecule has 0 bridgehead atoms. The summed E-state index contributed by atoms with van der Waals surface area (Å²) in [6, 6.07) is 3.13. The molecule has 0 atom stereocenters. The lowest BCUT2D eigenvalue weighted by atomic mass is 10.1. The molecule has 0 unspecified atom stereocenters. The molecule has 9 nitrogen and oxygen atoms in total. The summed E-state index contributed by atoms with van der Waals surface area (Å²) in [6.45, 7) is 6.35. The van der Waals surface area contributed by atoms with E-state index in [0.717, 1.165) is 19.3 Å². The van der Waals surface area contributed by atoms with E-state index in [1.807, 2.05) is 0 Å². The number of likely N-dealkylation sites (N-methyl/N-ethyl adjacent to an activating group) is 1. The third-order valence-corrected chi connectivity index (χ3v) is 4.76. The molecule has 3 amide bonds. The van der Waals surface area contributed by atoms with Gasteiger partial charge >= 0.3 is 6.09 Å². The Morgan fingerprint density at radius 1 is 1.03 bits per heavy atom. The Balaban J connectivity index is 2.23. The molecule has 31 heavy (non-hydrogen) atoms. The number of carbonyl (C=O) groups is 3. The quantitative estimate of drug-likeness (QED) is 0.737. The summed E-state index contributed by atoms with van der Waals surface area (Å²) in [5, 5.41) is 2.73. The molecule has 0 spiro atoms. The van der Waals surface area contributed by atoms with E-state index in [1.165, 1.54) is 26.2 Å². The highest BCUT2D eigenvalue weighted by molar-refractivity contribution is 6.05. The fourth-order valence-electron chi connectivity index (χ4n) is 3.24. The molecule has 1 fully saturated rings. The fraction of sp³-hybridized carbons (Fsp3) is 0.591. The number of ether oxygens (including phenoxy) is 3. The Kier molecular flexibility index (Phi) is 8.13. The first-order chi connectivity index (χ1) is 14.6. The van der Waals surface area contributed by atoms with Gasteiger partial charge in [-0.05, 0) is 46.1 Å². The second-order valence-corrected chi connectivity index (χ2v) is 8.49. The monoisotopic (exact) mass is 435 g/mol. The van der Waals surface area contributed by atoms with Crippen LogP contribution in [-0.2, 0) is 9.53 Å². The third kappa shape index (κ3) is 6.77. The van der Waals surface area contributed by atoms with Crippen molar-refractivity contribution in [2.75, 3.05) is 46.2 Å². The molecule has 0 aliphatic carbocycles. The molecule has 172 valence electrons. The molecule has 1 N–H and O–H groups in total. The van der Waals surface area contributed by atoms with E-state index in [0.29, 0.717) is 35.8 Å². The smallest absolute Gasteiger partial charge is 0.410 e. The lowest BCUT2D eigenvalue weighted by Gasteiger charge is -2.28. The maximum absolute atomic E-state index is 13.2. The van der Waals surface area contributed by atoms with Gasteiger partial charge in [-0.25, -0.2) is 4.79 Å². The Morgan fingerprint density at radius 2 is 1.61 bits per heavy atom. The van der Waals surface area contributed by atoms with Crippen molar-refractivity contribution >= 4 is 23.6 Å². The van der Waals surface area contributed by atoms with Crippen LogP contribution in [0, 0.1) is 0 Å². The van der Waals surface area contributed by atoms with E-state index < -0.39 is 17.6 Å². The molecule has 9 heteroatoms. The zero-order valence-electron chi connectivity index (χ0n) is 19.2. The van der Waals surface area contributed by atoms with Crippen molar-refractivity contribution in [2.45, 2.75) is 45.6 Å². The molecule has 0 radical (unpaired) electrons. The van der Waals surface area contributed by atoms with E-state index in [1.54, 1.807) is 37.8 Å². The first-order valence-corrected chi connectivity index (χ1v) is 10.3. The number of benzene rings is 1. The zero-order valence-corrected chi connectivity index (χ0v) is 19.2. The van der Waals surface area contributed by atoms with Gasteiger partial charge < -0.3 is 29.3 Å². The van der Waals surface area contributed by atoms with E-state index in [-0.39, 0.29) is 12.5 Å². The van der Waals surface area contributed by atoms with Crippen LogP contribution in [0.4, 0.5) is 10.5 Å². The summed E-state index contributed by atoms with van der Waals surface area (Å²) in [4.78, 5) is 40.9. The standard InChI is InChI=1S/C22H33N3O6/c1-22(2,3)31-21(28)24(4)14-19(26)23-16-13-18(30-6)17(29-5)12-15(16)20(27)25-10-8-7-9-11-25/h12-13H,7-11,14H2,1-6H3,(H,23,26). The van der Waals surface area contributed by atoms with Crippen LogP contribution >= 0.6 is 0 Å². The molecule has 2 rings (SSSR count). The van der Waals surface area contributed by atoms with E-state index >= 15 is 0 Å². The number of hydrogen-bond donors (Lipinski definition) is 1. The average molecular weight is 436 g/mol. The maximum atomic E-state index is 13.2. The maximum Gasteiger partial charge on any atom is 0.410 e. The minimum atomic E-state index is -0.667. The van der Waals surface area contributed by atoms with Crippen LogP contribution in [0.15, 0.2) is 12.1 Å². The average Bonchev–Trinajstić information content (AvgIpc) is 2.72. The van der Waals surface area contributed by atoms with Gasteiger partial charge in [-0.1, -0.05) is 0 Å². The molecule has 0 aromatic heterocycles. The molecule has 0 saturated carbocycles. The zero-order chi connectivity index (χ0) is 23.2. The van der Waals surface area contributed by atoms with Crippen LogP contribution in [0.25, 0.3) is 0 Å². The second kappa shape index (κ2) is 10.4. The van der Waals surface area contributed by atoms with Gasteiger partial charge in [0.1, 0.15) is 12.1 Å². The molecule has 1 aliphatic heterocycles. The van der Waals surface area contributed by atoms with Crippen molar-refractivity contribution in [2.24, 2.45) is 0 Å². The van der Waals surface area contributed by atoms with Crippen LogP contribution in [-0.4, -0.2) is 74.2 Å². The predicted octanol–water partition coefficient (Wildman–Crippen LogP) is 3.14. The van der Waals surface area contributed by atoms with Gasteiger partial charge in [0.15, 0.2) is 11.5 Å². The van der Waals surface area contributed by atoms with Crippen molar-refractivity contribution in [3.05, 3.63) is 17.7 Å². The molecular weight excluding hydrogens is 402 g/mol. The van der Waals surface area contributed by atoms with Crippen molar-refractivity contribution in [1.29, 1.82) is 0 Å². The molecule has 1 heterocycles. The topological polar surface area (TPSA) is 97.4 Å². The first-order valence-electron chi connectivity index (χ1n) is 10.3. The number of amides is 3. The Hall–Kier alpha value is -2.97. The highest BCUT2D eigenvalue weighted by atomic mass is 16.6. The van der Waals surface area contributed by atoms with Crippen LogP contribution in [0.1, 0.15) is 50.4 Å². The summed E-state index contributed by atoms with van der Waals surface area (Å²) in [7, 11) is 4.44. The van der Waals surface area contributed by atoms with Crippen molar-refractivity contribution in [3.8, 4) is 11.5 Å². The van der Waals surface area contributed by atoms with Crippen molar-refractivity contribution in [1.82, 2.24) is 9.80 Å². The molecular formula is C22H33N3O6. The van der Waals surface area contributed by atoms with Gasteiger partial charge in [0, 0.05) is 26.2 Å². The van der Waals surface area contributed by atoms with E-state index in [4.69, 9.17) is 14.2 Å². The largest absolute Gasteiger partial charge is 0.493 e. The highest BCUT2D eigenvalue weighted by Crippen LogP contribution is 2.34. The molecule has 1 aromatic rings. The van der Waals surface area contributed by atoms with Crippen LogP contribution < -0.4 is 14.8 Å². The number of nitrogens with one attached hydrogen (secondary N) is 1. The number of methoxy groups -OCH3 is 2. The Bertz CT molecular complexity index is 812. The van der Waals surface area contributed by atoms with Gasteiger partial charge in [0.2, 0.25) is 5.91 Å². The van der Waals surface area contributed by atoms with Gasteiger partial charge in [0.05, 0.1) is 25.5 Å². The number of rotatable bonds is 6. The number of nitrogens with zero attached hydrogens (tertiary/aromatic N) is 2. The molecule has 1 aromatic carbocycles. The minimum Gasteiger partial charge on any atom is -0.493 e. The lowest BCUT2D eigenvalue weighted by Crippen LogP contribution is -2.39. The van der Waals surface area contributed by atoms with E-state index in [9.17, 15) is 14.4 Å². The lowest BCUT2D eigenvalue weighted by molar-refractivity contribution is -0.117. The van der Waals surface area contributed by atoms with Crippen molar-refractivity contribution < 1.29 is 28.6 Å². The molecule has 1 saturated heterocycles. The molecule has 1 aliphatic rings. The second-order valence-electron chi connectivity index (χ2n) is 8.49. The SMILES string of the molecule is COc1cc(NC(=O)CN(C)C(=O)OC(C)(C)C)c(C(=O)N2CCCCC2)cc1OC. The van der Waals surface area contributed by atoms with Gasteiger partial charge in [-0.3, -0.25) is 9.59 Å². The number of likely N-dealkylation sites (tertiary alicyclic amines) is 1. The number of piperidine rings is 1. The Morgan fingerprint density at radius 3 is 2.16 bits per heavy atom. The van der Waals surface area contributed by atoms with Crippen LogP contribution in [0.2, 0.25) is 0 Å². The number of carbonyl (C=O) groups excluding carboxylic acids is 3.